The molecule has 0 saturated carbocycles. The summed E-state index contributed by atoms with van der Waals surface area (Å²) in [5.41, 5.74) is 0. The Morgan fingerprint density at radius 2 is 1.63 bits per heavy atom. The number of halogens is 1. The minimum atomic E-state index is 0.824. The highest BCUT2D eigenvalue weighted by atomic mass is 79.9. The lowest BCUT2D eigenvalue weighted by atomic mass is 10.3. The smallest absolute Gasteiger partial charge is 0.133 e. The van der Waals surface area contributed by atoms with Crippen molar-refractivity contribution in [1.82, 2.24) is 15.0 Å². The third-order valence-corrected chi connectivity index (χ3v) is 3.63. The van der Waals surface area contributed by atoms with Gasteiger partial charge in [0.25, 0.3) is 0 Å². The predicted octanol–water partition coefficient (Wildman–Crippen LogP) is 1.96. The van der Waals surface area contributed by atoms with Gasteiger partial charge < -0.3 is 9.80 Å². The summed E-state index contributed by atoms with van der Waals surface area (Å²) < 4.78 is 0.824. The van der Waals surface area contributed by atoms with Gasteiger partial charge in [0.2, 0.25) is 0 Å². The van der Waals surface area contributed by atoms with Gasteiger partial charge >= 0.3 is 0 Å². The number of aromatic nitrogens is 3. The van der Waals surface area contributed by atoms with Crippen LogP contribution in [0, 0.1) is 0 Å². The van der Waals surface area contributed by atoms with E-state index in [4.69, 9.17) is 0 Å². The second-order valence-electron chi connectivity index (χ2n) is 4.36. The molecule has 3 heterocycles. The number of pyridine rings is 1. The van der Waals surface area contributed by atoms with E-state index >= 15 is 0 Å². The highest BCUT2D eigenvalue weighted by molar-refractivity contribution is 9.10. The molecule has 0 atom stereocenters. The average molecular weight is 320 g/mol. The van der Waals surface area contributed by atoms with Crippen LogP contribution < -0.4 is 9.80 Å². The highest BCUT2D eigenvalue weighted by Crippen LogP contribution is 2.18. The summed E-state index contributed by atoms with van der Waals surface area (Å²) in [6.07, 6.45) is 3.42. The van der Waals surface area contributed by atoms with Crippen molar-refractivity contribution < 1.29 is 0 Å². The first-order chi connectivity index (χ1) is 9.33. The van der Waals surface area contributed by atoms with E-state index in [2.05, 4.69) is 46.7 Å². The monoisotopic (exact) mass is 319 g/mol. The molecule has 6 heteroatoms. The average Bonchev–Trinajstić information content (AvgIpc) is 2.48. The van der Waals surface area contributed by atoms with Crippen LogP contribution >= 0.6 is 15.9 Å². The van der Waals surface area contributed by atoms with Crippen molar-refractivity contribution in [3.05, 3.63) is 41.4 Å². The predicted molar refractivity (Wildman–Crippen MR) is 78.4 cm³/mol. The molecule has 0 radical (unpaired) electrons. The number of nitrogens with zero attached hydrogens (tertiary/aromatic N) is 5. The van der Waals surface area contributed by atoms with E-state index in [1.54, 1.807) is 6.33 Å². The minimum absolute atomic E-state index is 0.824. The molecule has 0 unspecified atom stereocenters. The number of hydrogen-bond donors (Lipinski definition) is 0. The van der Waals surface area contributed by atoms with E-state index in [-0.39, 0.29) is 0 Å². The normalized spacial score (nSPS) is 15.6. The molecular weight excluding hydrogens is 306 g/mol. The Morgan fingerprint density at radius 3 is 2.26 bits per heavy atom. The number of anilines is 2. The summed E-state index contributed by atoms with van der Waals surface area (Å²) in [4.78, 5) is 17.3. The van der Waals surface area contributed by atoms with Crippen molar-refractivity contribution in [3.8, 4) is 0 Å². The van der Waals surface area contributed by atoms with Gasteiger partial charge in [-0.15, -0.1) is 0 Å². The van der Waals surface area contributed by atoms with E-state index in [0.29, 0.717) is 0 Å². The lowest BCUT2D eigenvalue weighted by Gasteiger charge is -2.35. The fraction of sp³-hybridized carbons (Fsp3) is 0.308. The zero-order chi connectivity index (χ0) is 13.1. The van der Waals surface area contributed by atoms with Crippen LogP contribution in [0.1, 0.15) is 0 Å². The molecule has 0 bridgehead atoms. The molecule has 1 fully saturated rings. The van der Waals surface area contributed by atoms with Crippen LogP contribution in [0.25, 0.3) is 0 Å². The summed E-state index contributed by atoms with van der Waals surface area (Å²) in [7, 11) is 0. The van der Waals surface area contributed by atoms with Gasteiger partial charge in [0.05, 0.1) is 0 Å². The number of piperazine rings is 1. The van der Waals surface area contributed by atoms with Crippen molar-refractivity contribution in [3.63, 3.8) is 0 Å². The second kappa shape index (κ2) is 5.52. The van der Waals surface area contributed by atoms with Crippen LogP contribution in [0.4, 0.5) is 11.6 Å². The molecule has 0 amide bonds. The molecule has 19 heavy (non-hydrogen) atoms. The third-order valence-electron chi connectivity index (χ3n) is 3.20. The highest BCUT2D eigenvalue weighted by Gasteiger charge is 2.18. The third kappa shape index (κ3) is 2.84. The lowest BCUT2D eigenvalue weighted by Crippen LogP contribution is -2.47. The molecule has 2 aromatic rings. The Bertz CT molecular complexity index is 540. The molecule has 3 rings (SSSR count). The van der Waals surface area contributed by atoms with Crippen LogP contribution in [0.5, 0.6) is 0 Å². The maximum Gasteiger partial charge on any atom is 0.133 e. The standard InChI is InChI=1S/C13H14BrN5/c14-11-9-13(17-10-16-11)19-7-5-18(6-8-19)12-3-1-2-4-15-12/h1-4,9-10H,5-8H2. The summed E-state index contributed by atoms with van der Waals surface area (Å²) in [6, 6.07) is 7.97. The van der Waals surface area contributed by atoms with Crippen molar-refractivity contribution in [2.75, 3.05) is 36.0 Å². The van der Waals surface area contributed by atoms with Crippen molar-refractivity contribution in [1.29, 1.82) is 0 Å². The zero-order valence-electron chi connectivity index (χ0n) is 10.4. The van der Waals surface area contributed by atoms with Gasteiger partial charge in [0.15, 0.2) is 0 Å². The maximum absolute atomic E-state index is 4.39. The topological polar surface area (TPSA) is 45.2 Å². The van der Waals surface area contributed by atoms with Crippen LogP contribution in [-0.2, 0) is 0 Å². The van der Waals surface area contributed by atoms with Gasteiger partial charge in [-0.2, -0.15) is 0 Å². The van der Waals surface area contributed by atoms with Crippen LogP contribution in [0.3, 0.4) is 0 Å². The molecule has 98 valence electrons. The summed E-state index contributed by atoms with van der Waals surface area (Å²) in [6.45, 7) is 3.80. The van der Waals surface area contributed by atoms with Crippen LogP contribution in [-0.4, -0.2) is 41.1 Å². The maximum atomic E-state index is 4.39. The first kappa shape index (κ1) is 12.3. The molecule has 0 spiro atoms. The molecule has 0 aliphatic carbocycles. The fourth-order valence-electron chi connectivity index (χ4n) is 2.20. The summed E-state index contributed by atoms with van der Waals surface area (Å²) >= 11 is 3.38. The largest absolute Gasteiger partial charge is 0.353 e. The van der Waals surface area contributed by atoms with Crippen molar-refractivity contribution >= 4 is 27.6 Å². The number of rotatable bonds is 2. The molecule has 1 aliphatic rings. The van der Waals surface area contributed by atoms with E-state index in [9.17, 15) is 0 Å². The molecule has 1 saturated heterocycles. The summed E-state index contributed by atoms with van der Waals surface area (Å²) in [5.74, 6) is 2.02. The second-order valence-corrected chi connectivity index (χ2v) is 5.17. The van der Waals surface area contributed by atoms with Crippen molar-refractivity contribution in [2.45, 2.75) is 0 Å². The zero-order valence-corrected chi connectivity index (χ0v) is 12.0. The fourth-order valence-corrected chi connectivity index (χ4v) is 2.50. The van der Waals surface area contributed by atoms with Gasteiger partial charge in [-0.1, -0.05) is 6.07 Å². The quantitative estimate of drug-likeness (QED) is 0.792. The molecule has 0 aromatic carbocycles. The van der Waals surface area contributed by atoms with Crippen LogP contribution in [0.2, 0.25) is 0 Å². The van der Waals surface area contributed by atoms with E-state index < -0.39 is 0 Å². The Kier molecular flexibility index (Phi) is 3.59. The van der Waals surface area contributed by atoms with Gasteiger partial charge in [-0.3, -0.25) is 0 Å². The van der Waals surface area contributed by atoms with Crippen molar-refractivity contribution in [2.24, 2.45) is 0 Å². The first-order valence-electron chi connectivity index (χ1n) is 6.21. The van der Waals surface area contributed by atoms with Gasteiger partial charge in [-0.05, 0) is 28.1 Å². The first-order valence-corrected chi connectivity index (χ1v) is 7.01. The molecule has 5 nitrogen and oxygen atoms in total. The molecule has 0 N–H and O–H groups in total. The Balaban J connectivity index is 1.67. The van der Waals surface area contributed by atoms with Gasteiger partial charge in [0, 0.05) is 38.4 Å². The SMILES string of the molecule is Brc1cc(N2CCN(c3ccccn3)CC2)ncn1. The van der Waals surface area contributed by atoms with Gasteiger partial charge in [0.1, 0.15) is 22.6 Å². The lowest BCUT2D eigenvalue weighted by molar-refractivity contribution is 0.641. The Hall–Kier alpha value is -1.69. The van der Waals surface area contributed by atoms with E-state index in [1.165, 1.54) is 0 Å². The minimum Gasteiger partial charge on any atom is -0.353 e. The summed E-state index contributed by atoms with van der Waals surface area (Å²) in [5, 5.41) is 0. The van der Waals surface area contributed by atoms with E-state index in [0.717, 1.165) is 42.4 Å². The Labute approximate surface area is 120 Å². The van der Waals surface area contributed by atoms with Gasteiger partial charge in [-0.25, -0.2) is 15.0 Å². The van der Waals surface area contributed by atoms with E-state index in [1.807, 2.05) is 24.4 Å². The number of hydrogen-bond acceptors (Lipinski definition) is 5. The molecular formula is C13H14BrN5. The molecule has 1 aliphatic heterocycles. The Morgan fingerprint density at radius 1 is 0.895 bits per heavy atom. The van der Waals surface area contributed by atoms with Crippen LogP contribution in [0.15, 0.2) is 41.4 Å². The molecule has 2 aromatic heterocycles.